The maximum Gasteiger partial charge on any atom is 0.314 e. The Balaban J connectivity index is 1.61. The summed E-state index contributed by atoms with van der Waals surface area (Å²) in [5, 5.41) is 16.0. The molecule has 3 N–H and O–H groups in total. The van der Waals surface area contributed by atoms with Crippen molar-refractivity contribution in [3.05, 3.63) is 35.9 Å². The standard InChI is InChI=1S/C19H31N3O2/c1-15(14-18(23)17-6-4-3-5-7-17)21-19(24)20-11-8-16-9-12-22(2)13-10-16/h3-7,15-16,18,23H,8-14H2,1-2H3,(H2,20,21,24). The van der Waals surface area contributed by atoms with Crippen LogP contribution in [0.5, 0.6) is 0 Å². The van der Waals surface area contributed by atoms with E-state index in [1.165, 1.54) is 12.8 Å². The highest BCUT2D eigenvalue weighted by molar-refractivity contribution is 5.74. The monoisotopic (exact) mass is 333 g/mol. The molecule has 2 atom stereocenters. The fraction of sp³-hybridized carbons (Fsp3) is 0.632. The van der Waals surface area contributed by atoms with Crippen molar-refractivity contribution < 1.29 is 9.90 Å². The molecule has 0 spiro atoms. The Kier molecular flexibility index (Phi) is 7.53. The average Bonchev–Trinajstić information content (AvgIpc) is 2.57. The predicted molar refractivity (Wildman–Crippen MR) is 96.9 cm³/mol. The van der Waals surface area contributed by atoms with Gasteiger partial charge in [-0.3, -0.25) is 0 Å². The van der Waals surface area contributed by atoms with E-state index in [0.717, 1.165) is 31.0 Å². The summed E-state index contributed by atoms with van der Waals surface area (Å²) in [6, 6.07) is 9.33. The van der Waals surface area contributed by atoms with Gasteiger partial charge >= 0.3 is 6.03 Å². The van der Waals surface area contributed by atoms with Crippen LogP contribution in [0.3, 0.4) is 0 Å². The molecule has 24 heavy (non-hydrogen) atoms. The SMILES string of the molecule is CC(CC(O)c1ccccc1)NC(=O)NCCC1CCN(C)CC1. The fourth-order valence-electron chi connectivity index (χ4n) is 3.22. The molecule has 1 aliphatic heterocycles. The lowest BCUT2D eigenvalue weighted by atomic mass is 9.94. The third kappa shape index (κ3) is 6.49. The molecule has 2 unspecified atom stereocenters. The van der Waals surface area contributed by atoms with Crippen molar-refractivity contribution in [1.82, 2.24) is 15.5 Å². The number of piperidine rings is 1. The van der Waals surface area contributed by atoms with Crippen LogP contribution in [0.15, 0.2) is 30.3 Å². The summed E-state index contributed by atoms with van der Waals surface area (Å²) in [6.45, 7) is 4.95. The molecule has 0 saturated carbocycles. The molecule has 5 nitrogen and oxygen atoms in total. The number of aliphatic hydroxyl groups excluding tert-OH is 1. The van der Waals surface area contributed by atoms with Crippen LogP contribution in [0.25, 0.3) is 0 Å². The number of hydrogen-bond acceptors (Lipinski definition) is 3. The number of hydrogen-bond donors (Lipinski definition) is 3. The zero-order valence-electron chi connectivity index (χ0n) is 14.9. The van der Waals surface area contributed by atoms with Crippen LogP contribution < -0.4 is 10.6 Å². The fourth-order valence-corrected chi connectivity index (χ4v) is 3.22. The summed E-state index contributed by atoms with van der Waals surface area (Å²) >= 11 is 0. The van der Waals surface area contributed by atoms with Gasteiger partial charge in [0.25, 0.3) is 0 Å². The number of rotatable bonds is 7. The normalized spacial score (nSPS) is 18.8. The van der Waals surface area contributed by atoms with Crippen LogP contribution in [0, 0.1) is 5.92 Å². The van der Waals surface area contributed by atoms with Gasteiger partial charge in [0, 0.05) is 12.6 Å². The summed E-state index contributed by atoms with van der Waals surface area (Å²) in [4.78, 5) is 14.3. The van der Waals surface area contributed by atoms with Crippen molar-refractivity contribution in [2.75, 3.05) is 26.7 Å². The first-order valence-electron chi connectivity index (χ1n) is 9.00. The Bertz CT molecular complexity index is 487. The summed E-state index contributed by atoms with van der Waals surface area (Å²) in [7, 11) is 2.16. The summed E-state index contributed by atoms with van der Waals surface area (Å²) in [5.74, 6) is 0.721. The van der Waals surface area contributed by atoms with Crippen LogP contribution in [0.4, 0.5) is 4.79 Å². The second-order valence-electron chi connectivity index (χ2n) is 7.00. The van der Waals surface area contributed by atoms with E-state index in [0.29, 0.717) is 13.0 Å². The maximum atomic E-state index is 12.0. The molecule has 2 rings (SSSR count). The number of nitrogens with zero attached hydrogens (tertiary/aromatic N) is 1. The number of urea groups is 1. The average molecular weight is 333 g/mol. The summed E-state index contributed by atoms with van der Waals surface area (Å²) in [5.41, 5.74) is 0.883. The van der Waals surface area contributed by atoms with Gasteiger partial charge in [-0.2, -0.15) is 0 Å². The van der Waals surface area contributed by atoms with Crippen LogP contribution >= 0.6 is 0 Å². The maximum absolute atomic E-state index is 12.0. The van der Waals surface area contributed by atoms with Crippen LogP contribution in [0.2, 0.25) is 0 Å². The predicted octanol–water partition coefficient (Wildman–Crippen LogP) is 2.53. The topological polar surface area (TPSA) is 64.6 Å². The Hall–Kier alpha value is -1.59. The molecule has 0 bridgehead atoms. The van der Waals surface area contributed by atoms with Gasteiger partial charge in [0.05, 0.1) is 6.10 Å². The Labute approximate surface area is 145 Å². The minimum Gasteiger partial charge on any atom is -0.388 e. The lowest BCUT2D eigenvalue weighted by Crippen LogP contribution is -2.42. The van der Waals surface area contributed by atoms with Gasteiger partial charge in [-0.15, -0.1) is 0 Å². The van der Waals surface area contributed by atoms with E-state index in [4.69, 9.17) is 0 Å². The van der Waals surface area contributed by atoms with E-state index >= 15 is 0 Å². The molecule has 134 valence electrons. The van der Waals surface area contributed by atoms with E-state index in [-0.39, 0.29) is 12.1 Å². The number of nitrogens with one attached hydrogen (secondary N) is 2. The molecule has 1 aromatic rings. The van der Waals surface area contributed by atoms with E-state index in [1.807, 2.05) is 37.3 Å². The number of amides is 2. The Morgan fingerprint density at radius 3 is 2.62 bits per heavy atom. The zero-order chi connectivity index (χ0) is 17.4. The highest BCUT2D eigenvalue weighted by Gasteiger charge is 2.17. The first-order chi connectivity index (χ1) is 11.5. The number of carbonyl (C=O) groups excluding carboxylic acids is 1. The summed E-state index contributed by atoms with van der Waals surface area (Å²) < 4.78 is 0. The van der Waals surface area contributed by atoms with Gasteiger partial charge in [-0.05, 0) is 64.2 Å². The Morgan fingerprint density at radius 1 is 1.29 bits per heavy atom. The number of benzene rings is 1. The molecule has 1 aliphatic rings. The molecule has 0 aliphatic carbocycles. The van der Waals surface area contributed by atoms with Crippen molar-refractivity contribution in [1.29, 1.82) is 0 Å². The molecular weight excluding hydrogens is 302 g/mol. The first kappa shape index (κ1) is 18.7. The molecule has 1 aromatic carbocycles. The highest BCUT2D eigenvalue weighted by atomic mass is 16.3. The second-order valence-corrected chi connectivity index (χ2v) is 7.00. The molecule has 5 heteroatoms. The van der Waals surface area contributed by atoms with E-state index < -0.39 is 6.10 Å². The molecule has 1 saturated heterocycles. The zero-order valence-corrected chi connectivity index (χ0v) is 14.9. The van der Waals surface area contributed by atoms with Gasteiger partial charge in [0.1, 0.15) is 0 Å². The lowest BCUT2D eigenvalue weighted by molar-refractivity contribution is 0.154. The molecule has 0 aromatic heterocycles. The van der Waals surface area contributed by atoms with Crippen molar-refractivity contribution in [2.45, 2.75) is 44.8 Å². The molecule has 0 radical (unpaired) electrons. The molecule has 1 heterocycles. The number of aliphatic hydroxyl groups is 1. The van der Waals surface area contributed by atoms with Gasteiger partial charge < -0.3 is 20.6 Å². The van der Waals surface area contributed by atoms with Crippen molar-refractivity contribution in [3.63, 3.8) is 0 Å². The van der Waals surface area contributed by atoms with Gasteiger partial charge in [0.2, 0.25) is 0 Å². The van der Waals surface area contributed by atoms with E-state index in [1.54, 1.807) is 0 Å². The van der Waals surface area contributed by atoms with Crippen molar-refractivity contribution in [3.8, 4) is 0 Å². The van der Waals surface area contributed by atoms with Crippen molar-refractivity contribution >= 4 is 6.03 Å². The molecule has 2 amide bonds. The molecule has 1 fully saturated rings. The van der Waals surface area contributed by atoms with Gasteiger partial charge in [0.15, 0.2) is 0 Å². The van der Waals surface area contributed by atoms with Crippen LogP contribution in [0.1, 0.15) is 44.3 Å². The van der Waals surface area contributed by atoms with Crippen LogP contribution in [-0.2, 0) is 0 Å². The highest BCUT2D eigenvalue weighted by Crippen LogP contribution is 2.19. The number of carbonyl (C=O) groups is 1. The Morgan fingerprint density at radius 2 is 1.96 bits per heavy atom. The van der Waals surface area contributed by atoms with Gasteiger partial charge in [-0.1, -0.05) is 30.3 Å². The molecular formula is C19H31N3O2. The number of likely N-dealkylation sites (tertiary alicyclic amines) is 1. The smallest absolute Gasteiger partial charge is 0.314 e. The quantitative estimate of drug-likeness (QED) is 0.718. The summed E-state index contributed by atoms with van der Waals surface area (Å²) in [6.07, 6.45) is 3.44. The largest absolute Gasteiger partial charge is 0.388 e. The van der Waals surface area contributed by atoms with Crippen molar-refractivity contribution in [2.24, 2.45) is 5.92 Å². The third-order valence-electron chi connectivity index (χ3n) is 4.81. The van der Waals surface area contributed by atoms with E-state index in [9.17, 15) is 9.90 Å². The second kappa shape index (κ2) is 9.64. The first-order valence-corrected chi connectivity index (χ1v) is 9.00. The minimum absolute atomic E-state index is 0.0801. The van der Waals surface area contributed by atoms with Gasteiger partial charge in [-0.25, -0.2) is 4.79 Å². The minimum atomic E-state index is -0.555. The lowest BCUT2D eigenvalue weighted by Gasteiger charge is -2.29. The third-order valence-corrected chi connectivity index (χ3v) is 4.81. The van der Waals surface area contributed by atoms with E-state index in [2.05, 4.69) is 22.6 Å². The van der Waals surface area contributed by atoms with Crippen LogP contribution in [-0.4, -0.2) is 48.8 Å².